The van der Waals surface area contributed by atoms with Crippen LogP contribution >= 0.6 is 11.6 Å². The molecule has 0 fully saturated rings. The zero-order chi connectivity index (χ0) is 18.4. The van der Waals surface area contributed by atoms with Crippen LogP contribution in [0, 0.1) is 5.92 Å². The van der Waals surface area contributed by atoms with E-state index < -0.39 is 23.4 Å². The van der Waals surface area contributed by atoms with Crippen molar-refractivity contribution in [2.75, 3.05) is 0 Å². The lowest BCUT2D eigenvalue weighted by atomic mass is 9.66. The van der Waals surface area contributed by atoms with Crippen molar-refractivity contribution < 1.29 is 14.6 Å². The van der Waals surface area contributed by atoms with Crippen LogP contribution in [0.2, 0.25) is 5.02 Å². The summed E-state index contributed by atoms with van der Waals surface area (Å²) in [5.74, 6) is -2.05. The zero-order valence-electron chi connectivity index (χ0n) is 14.3. The van der Waals surface area contributed by atoms with Gasteiger partial charge in [-0.2, -0.15) is 0 Å². The van der Waals surface area contributed by atoms with Gasteiger partial charge < -0.3 is 14.9 Å². The standard InChI is InChI=1S/C18H21ClN2O4/c1-9(2)25-17(23)15-13(10-4-6-11(19)7-5-10)14-12(8-18(15,3)24)20-21-16(14)22/h4-7,9,13,15,24H,8H2,1-3H3,(H2,20,21,22)/t13-,15+,18+/m1/s1. The first-order valence-electron chi connectivity index (χ1n) is 8.18. The van der Waals surface area contributed by atoms with Crippen LogP contribution in [-0.4, -0.2) is 33.0 Å². The highest BCUT2D eigenvalue weighted by Crippen LogP contribution is 2.44. The number of benzene rings is 1. The third-order valence-corrected chi connectivity index (χ3v) is 4.83. The maximum Gasteiger partial charge on any atom is 0.313 e. The van der Waals surface area contributed by atoms with Crippen molar-refractivity contribution in [3.05, 3.63) is 56.5 Å². The fraction of sp³-hybridized carbons (Fsp3) is 0.444. The first kappa shape index (κ1) is 17.8. The third-order valence-electron chi connectivity index (χ3n) is 4.58. The molecule has 3 atom stereocenters. The van der Waals surface area contributed by atoms with E-state index in [0.29, 0.717) is 16.3 Å². The average Bonchev–Trinajstić information content (AvgIpc) is 2.85. The number of rotatable bonds is 3. The first-order chi connectivity index (χ1) is 11.7. The molecule has 6 nitrogen and oxygen atoms in total. The highest BCUT2D eigenvalue weighted by atomic mass is 35.5. The molecule has 7 heteroatoms. The number of aromatic amines is 2. The Morgan fingerprint density at radius 2 is 1.96 bits per heavy atom. The molecular formula is C18H21ClN2O4. The van der Waals surface area contributed by atoms with E-state index in [4.69, 9.17) is 16.3 Å². The summed E-state index contributed by atoms with van der Waals surface area (Å²) in [6, 6.07) is 6.93. The Bertz CT molecular complexity index is 836. The number of ether oxygens (including phenoxy) is 1. The van der Waals surface area contributed by atoms with Crippen molar-refractivity contribution in [3.8, 4) is 0 Å². The van der Waals surface area contributed by atoms with Crippen molar-refractivity contribution in [2.24, 2.45) is 5.92 Å². The number of aliphatic hydroxyl groups is 1. The molecule has 0 bridgehead atoms. The number of hydrogen-bond donors (Lipinski definition) is 3. The van der Waals surface area contributed by atoms with Crippen LogP contribution in [0.15, 0.2) is 29.1 Å². The maximum atomic E-state index is 12.8. The minimum absolute atomic E-state index is 0.156. The lowest BCUT2D eigenvalue weighted by Gasteiger charge is -2.40. The summed E-state index contributed by atoms with van der Waals surface area (Å²) in [7, 11) is 0. The molecular weight excluding hydrogens is 344 g/mol. The fourth-order valence-corrected chi connectivity index (χ4v) is 3.72. The number of H-pyrrole nitrogens is 2. The Morgan fingerprint density at radius 1 is 1.32 bits per heavy atom. The molecule has 0 saturated carbocycles. The maximum absolute atomic E-state index is 12.8. The van der Waals surface area contributed by atoms with Crippen molar-refractivity contribution in [1.29, 1.82) is 0 Å². The van der Waals surface area contributed by atoms with Crippen LogP contribution in [-0.2, 0) is 16.0 Å². The van der Waals surface area contributed by atoms with Crippen LogP contribution in [0.5, 0.6) is 0 Å². The predicted molar refractivity (Wildman–Crippen MR) is 93.8 cm³/mol. The van der Waals surface area contributed by atoms with Crippen molar-refractivity contribution >= 4 is 17.6 Å². The average molecular weight is 365 g/mol. The molecule has 1 aromatic carbocycles. The second-order valence-electron chi connectivity index (χ2n) is 7.00. The summed E-state index contributed by atoms with van der Waals surface area (Å²) in [5.41, 5.74) is 0.117. The van der Waals surface area contributed by atoms with E-state index in [0.717, 1.165) is 5.56 Å². The number of fused-ring (bicyclic) bond motifs is 1. The molecule has 1 aliphatic carbocycles. The largest absolute Gasteiger partial charge is 0.463 e. The molecule has 1 aliphatic rings. The second-order valence-corrected chi connectivity index (χ2v) is 7.43. The van der Waals surface area contributed by atoms with Gasteiger partial charge in [0.2, 0.25) is 0 Å². The van der Waals surface area contributed by atoms with Crippen molar-refractivity contribution in [3.63, 3.8) is 0 Å². The third kappa shape index (κ3) is 3.24. The van der Waals surface area contributed by atoms with E-state index in [9.17, 15) is 14.7 Å². The monoisotopic (exact) mass is 364 g/mol. The van der Waals surface area contributed by atoms with Gasteiger partial charge in [0.05, 0.1) is 17.6 Å². The van der Waals surface area contributed by atoms with Gasteiger partial charge in [0, 0.05) is 28.6 Å². The van der Waals surface area contributed by atoms with Crippen LogP contribution in [0.25, 0.3) is 0 Å². The molecule has 2 aromatic rings. The number of halogens is 1. The van der Waals surface area contributed by atoms with Gasteiger partial charge >= 0.3 is 5.97 Å². The summed E-state index contributed by atoms with van der Waals surface area (Å²) in [5, 5.41) is 16.9. The van der Waals surface area contributed by atoms with E-state index in [1.807, 2.05) is 0 Å². The van der Waals surface area contributed by atoms with E-state index >= 15 is 0 Å². The topological polar surface area (TPSA) is 95.2 Å². The van der Waals surface area contributed by atoms with Gasteiger partial charge in [0.1, 0.15) is 0 Å². The van der Waals surface area contributed by atoms with Crippen LogP contribution in [0.1, 0.15) is 43.5 Å². The van der Waals surface area contributed by atoms with E-state index in [1.165, 1.54) is 0 Å². The van der Waals surface area contributed by atoms with E-state index in [1.54, 1.807) is 45.0 Å². The number of hydrogen-bond acceptors (Lipinski definition) is 4. The second kappa shape index (κ2) is 6.35. The quantitative estimate of drug-likeness (QED) is 0.728. The number of esters is 1. The molecule has 3 N–H and O–H groups in total. The Hall–Kier alpha value is -2.05. The molecule has 134 valence electrons. The minimum atomic E-state index is -1.37. The number of carbonyl (C=O) groups is 1. The van der Waals surface area contributed by atoms with Gasteiger partial charge in [0.25, 0.3) is 5.56 Å². The van der Waals surface area contributed by atoms with E-state index in [2.05, 4.69) is 10.2 Å². The first-order valence-corrected chi connectivity index (χ1v) is 8.56. The molecule has 3 rings (SSSR count). The molecule has 0 amide bonds. The van der Waals surface area contributed by atoms with Crippen LogP contribution in [0.3, 0.4) is 0 Å². The molecule has 0 spiro atoms. The molecule has 0 saturated heterocycles. The lowest BCUT2D eigenvalue weighted by molar-refractivity contribution is -0.163. The Morgan fingerprint density at radius 3 is 2.56 bits per heavy atom. The van der Waals surface area contributed by atoms with Crippen LogP contribution < -0.4 is 5.56 Å². The summed E-state index contributed by atoms with van der Waals surface area (Å²) in [6.07, 6.45) is -0.164. The number of carbonyl (C=O) groups excluding carboxylic acids is 1. The molecule has 0 aliphatic heterocycles. The predicted octanol–water partition coefficient (Wildman–Crippen LogP) is 2.36. The van der Waals surface area contributed by atoms with Gasteiger partial charge in [-0.3, -0.25) is 14.7 Å². The van der Waals surface area contributed by atoms with Crippen LogP contribution in [0.4, 0.5) is 0 Å². The molecule has 0 unspecified atom stereocenters. The van der Waals surface area contributed by atoms with Gasteiger partial charge in [-0.25, -0.2) is 0 Å². The smallest absolute Gasteiger partial charge is 0.313 e. The minimum Gasteiger partial charge on any atom is -0.463 e. The van der Waals surface area contributed by atoms with Gasteiger partial charge in [-0.15, -0.1) is 0 Å². The lowest BCUT2D eigenvalue weighted by Crippen LogP contribution is -2.50. The summed E-state index contributed by atoms with van der Waals surface area (Å²) < 4.78 is 5.38. The summed E-state index contributed by atoms with van der Waals surface area (Å²) in [6.45, 7) is 5.10. The van der Waals surface area contributed by atoms with Gasteiger partial charge in [0.15, 0.2) is 0 Å². The summed E-state index contributed by atoms with van der Waals surface area (Å²) in [4.78, 5) is 25.2. The Balaban J connectivity index is 2.18. The Labute approximate surface area is 150 Å². The number of aromatic nitrogens is 2. The van der Waals surface area contributed by atoms with Gasteiger partial charge in [-0.05, 0) is 38.5 Å². The van der Waals surface area contributed by atoms with Crippen molar-refractivity contribution in [1.82, 2.24) is 10.2 Å². The SMILES string of the molecule is CC(C)OC(=O)[C@@H]1[C@H](c2ccc(Cl)cc2)c2c([nH][nH]c2=O)C[C@]1(C)O. The highest BCUT2D eigenvalue weighted by molar-refractivity contribution is 6.30. The summed E-state index contributed by atoms with van der Waals surface area (Å²) >= 11 is 5.97. The molecule has 1 aromatic heterocycles. The fourth-order valence-electron chi connectivity index (χ4n) is 3.59. The zero-order valence-corrected chi connectivity index (χ0v) is 15.1. The molecule has 25 heavy (non-hydrogen) atoms. The molecule has 0 radical (unpaired) electrons. The Kier molecular flexibility index (Phi) is 4.51. The normalized spacial score (nSPS) is 25.7. The highest BCUT2D eigenvalue weighted by Gasteiger charge is 2.51. The van der Waals surface area contributed by atoms with E-state index in [-0.39, 0.29) is 18.1 Å². The molecule has 1 heterocycles. The van der Waals surface area contributed by atoms with Gasteiger partial charge in [-0.1, -0.05) is 23.7 Å². The number of nitrogens with one attached hydrogen (secondary N) is 2. The van der Waals surface area contributed by atoms with Crippen molar-refractivity contribution in [2.45, 2.75) is 44.8 Å².